The summed E-state index contributed by atoms with van der Waals surface area (Å²) in [5.41, 5.74) is 2.78. The van der Waals surface area contributed by atoms with E-state index in [1.165, 1.54) is 5.56 Å². The number of amides is 1. The van der Waals surface area contributed by atoms with Gasteiger partial charge in [-0.05, 0) is 23.6 Å². The summed E-state index contributed by atoms with van der Waals surface area (Å²) < 4.78 is 0. The van der Waals surface area contributed by atoms with Crippen LogP contribution in [0.15, 0.2) is 67.3 Å². The molecule has 116 valence electrons. The summed E-state index contributed by atoms with van der Waals surface area (Å²) >= 11 is 0. The summed E-state index contributed by atoms with van der Waals surface area (Å²) in [6.07, 6.45) is 2.76. The Morgan fingerprint density at radius 3 is 2.70 bits per heavy atom. The number of benzene rings is 2. The van der Waals surface area contributed by atoms with Crippen molar-refractivity contribution < 1.29 is 4.79 Å². The molecule has 23 heavy (non-hydrogen) atoms. The lowest BCUT2D eigenvalue weighted by molar-refractivity contribution is -0.121. The number of fused-ring (bicyclic) bond motifs is 2. The van der Waals surface area contributed by atoms with Crippen LogP contribution in [-0.4, -0.2) is 23.9 Å². The molecule has 1 N–H and O–H groups in total. The van der Waals surface area contributed by atoms with Crippen molar-refractivity contribution in [2.24, 2.45) is 0 Å². The summed E-state index contributed by atoms with van der Waals surface area (Å²) in [6, 6.07) is 18.5. The van der Waals surface area contributed by atoms with Gasteiger partial charge in [-0.25, -0.2) is 0 Å². The molecule has 0 aliphatic carbocycles. The van der Waals surface area contributed by atoms with E-state index < -0.39 is 5.41 Å². The van der Waals surface area contributed by atoms with Crippen LogP contribution in [0.2, 0.25) is 0 Å². The first kappa shape index (κ1) is 14.2. The molecule has 4 rings (SSSR count). The van der Waals surface area contributed by atoms with Crippen molar-refractivity contribution in [1.29, 1.82) is 0 Å². The van der Waals surface area contributed by atoms with Crippen molar-refractivity contribution in [2.45, 2.75) is 17.9 Å². The number of hydrogen-bond acceptors (Lipinski definition) is 2. The lowest BCUT2D eigenvalue weighted by atomic mass is 9.72. The molecule has 3 heteroatoms. The summed E-state index contributed by atoms with van der Waals surface area (Å²) in [5, 5.41) is 3.10. The van der Waals surface area contributed by atoms with Gasteiger partial charge in [-0.2, -0.15) is 0 Å². The zero-order valence-electron chi connectivity index (χ0n) is 13.0. The molecule has 0 unspecified atom stereocenters. The fourth-order valence-corrected chi connectivity index (χ4v) is 4.25. The van der Waals surface area contributed by atoms with Crippen LogP contribution in [0.4, 0.5) is 5.69 Å². The van der Waals surface area contributed by atoms with E-state index in [9.17, 15) is 4.79 Å². The molecule has 2 heterocycles. The molecule has 1 spiro atoms. The maximum absolute atomic E-state index is 13.0. The molecular weight excluding hydrogens is 284 g/mol. The van der Waals surface area contributed by atoms with E-state index in [0.717, 1.165) is 30.8 Å². The Hall–Kier alpha value is -2.39. The molecule has 1 saturated heterocycles. The summed E-state index contributed by atoms with van der Waals surface area (Å²) in [5.74, 6) is 0.124. The van der Waals surface area contributed by atoms with Crippen molar-refractivity contribution in [1.82, 2.24) is 4.90 Å². The van der Waals surface area contributed by atoms with Gasteiger partial charge in [0.25, 0.3) is 0 Å². The molecule has 3 nitrogen and oxygen atoms in total. The van der Waals surface area contributed by atoms with Gasteiger partial charge in [0, 0.05) is 18.8 Å². The monoisotopic (exact) mass is 304 g/mol. The van der Waals surface area contributed by atoms with Crippen LogP contribution >= 0.6 is 0 Å². The quantitative estimate of drug-likeness (QED) is 0.880. The third-order valence-electron chi connectivity index (χ3n) is 5.17. The Kier molecular flexibility index (Phi) is 3.31. The van der Waals surface area contributed by atoms with E-state index in [4.69, 9.17) is 0 Å². The Bertz CT molecular complexity index is 755. The first-order chi connectivity index (χ1) is 11.3. The van der Waals surface area contributed by atoms with E-state index in [1.807, 2.05) is 42.5 Å². The second-order valence-electron chi connectivity index (χ2n) is 6.32. The maximum Gasteiger partial charge on any atom is 0.237 e. The topological polar surface area (TPSA) is 32.3 Å². The van der Waals surface area contributed by atoms with Gasteiger partial charge in [0.2, 0.25) is 5.91 Å². The summed E-state index contributed by atoms with van der Waals surface area (Å²) in [6.45, 7) is 5.57. The Labute approximate surface area is 136 Å². The molecule has 2 atom stereocenters. The van der Waals surface area contributed by atoms with Crippen LogP contribution in [0.25, 0.3) is 0 Å². The average molecular weight is 304 g/mol. The van der Waals surface area contributed by atoms with E-state index >= 15 is 0 Å². The predicted octanol–water partition coefficient (Wildman–Crippen LogP) is 3.51. The minimum Gasteiger partial charge on any atom is -0.325 e. The number of likely N-dealkylation sites (tertiary alicyclic amines) is 1. The lowest BCUT2D eigenvalue weighted by Crippen LogP contribution is -2.41. The highest BCUT2D eigenvalue weighted by Crippen LogP contribution is 2.54. The zero-order valence-corrected chi connectivity index (χ0v) is 13.0. The minimum atomic E-state index is -0.499. The minimum absolute atomic E-state index is 0.0466. The first-order valence-corrected chi connectivity index (χ1v) is 8.08. The highest BCUT2D eigenvalue weighted by Gasteiger charge is 2.57. The molecule has 1 amide bonds. The number of nitrogens with zero attached hydrogens (tertiary/aromatic N) is 1. The van der Waals surface area contributed by atoms with Gasteiger partial charge < -0.3 is 5.32 Å². The molecule has 1 fully saturated rings. The molecule has 0 bridgehead atoms. The van der Waals surface area contributed by atoms with E-state index in [2.05, 4.69) is 35.0 Å². The summed E-state index contributed by atoms with van der Waals surface area (Å²) in [7, 11) is 0. The highest BCUT2D eigenvalue weighted by atomic mass is 16.2. The van der Waals surface area contributed by atoms with Crippen LogP contribution in [0, 0.1) is 0 Å². The van der Waals surface area contributed by atoms with Crippen LogP contribution in [0.3, 0.4) is 0 Å². The van der Waals surface area contributed by atoms with E-state index in [1.54, 1.807) is 0 Å². The highest BCUT2D eigenvalue weighted by molar-refractivity contribution is 6.07. The number of rotatable bonds is 3. The number of carbonyl (C=O) groups excluding carboxylic acids is 1. The van der Waals surface area contributed by atoms with Gasteiger partial charge in [0.1, 0.15) is 0 Å². The molecular formula is C20H20N2O. The van der Waals surface area contributed by atoms with Gasteiger partial charge in [-0.3, -0.25) is 9.69 Å². The van der Waals surface area contributed by atoms with Gasteiger partial charge in [-0.15, -0.1) is 6.58 Å². The number of para-hydroxylation sites is 1. The molecule has 0 radical (unpaired) electrons. The van der Waals surface area contributed by atoms with Gasteiger partial charge in [-0.1, -0.05) is 54.6 Å². The van der Waals surface area contributed by atoms with Crippen LogP contribution in [-0.2, 0) is 10.2 Å². The molecule has 2 aromatic carbocycles. The second kappa shape index (κ2) is 5.36. The Balaban J connectivity index is 1.90. The summed E-state index contributed by atoms with van der Waals surface area (Å²) in [4.78, 5) is 15.4. The third kappa shape index (κ3) is 1.97. The van der Waals surface area contributed by atoms with Crippen molar-refractivity contribution in [3.05, 3.63) is 78.4 Å². The number of hydrogen-bond donors (Lipinski definition) is 1. The molecule has 0 saturated carbocycles. The predicted molar refractivity (Wildman–Crippen MR) is 92.3 cm³/mol. The standard InChI is InChI=1S/C20H20N2O/c1-2-13-22-14-12-20(18(22)15-8-4-3-5-9-15)16-10-6-7-11-17(16)21-19(20)23/h2-11,18H,1,12-14H2,(H,21,23)/t18-,20-/m0/s1. The molecule has 0 aromatic heterocycles. The van der Waals surface area contributed by atoms with E-state index in [0.29, 0.717) is 0 Å². The number of anilines is 1. The Morgan fingerprint density at radius 2 is 1.91 bits per heavy atom. The third-order valence-corrected chi connectivity index (χ3v) is 5.17. The van der Waals surface area contributed by atoms with Gasteiger partial charge >= 0.3 is 0 Å². The molecule has 2 aromatic rings. The van der Waals surface area contributed by atoms with Crippen LogP contribution in [0.5, 0.6) is 0 Å². The molecule has 2 aliphatic heterocycles. The van der Waals surface area contributed by atoms with Crippen LogP contribution < -0.4 is 5.32 Å². The van der Waals surface area contributed by atoms with Crippen molar-refractivity contribution in [2.75, 3.05) is 18.4 Å². The first-order valence-electron chi connectivity index (χ1n) is 8.08. The lowest BCUT2D eigenvalue weighted by Gasteiger charge is -2.34. The molecule has 2 aliphatic rings. The fourth-order valence-electron chi connectivity index (χ4n) is 4.25. The fraction of sp³-hybridized carbons (Fsp3) is 0.250. The Morgan fingerprint density at radius 1 is 1.17 bits per heavy atom. The number of carbonyl (C=O) groups is 1. The smallest absolute Gasteiger partial charge is 0.237 e. The van der Waals surface area contributed by atoms with E-state index in [-0.39, 0.29) is 11.9 Å². The SMILES string of the molecule is C=CCN1CC[C@@]2(C(=O)Nc3ccccc32)[C@@H]1c1ccccc1. The maximum atomic E-state index is 13.0. The van der Waals surface area contributed by atoms with Gasteiger partial charge in [0.05, 0.1) is 11.5 Å². The van der Waals surface area contributed by atoms with Crippen LogP contribution in [0.1, 0.15) is 23.6 Å². The number of nitrogens with one attached hydrogen (secondary N) is 1. The average Bonchev–Trinajstić information content (AvgIpc) is 3.09. The van der Waals surface area contributed by atoms with Crippen molar-refractivity contribution >= 4 is 11.6 Å². The largest absolute Gasteiger partial charge is 0.325 e. The normalized spacial score (nSPS) is 26.3. The van der Waals surface area contributed by atoms with Crippen molar-refractivity contribution in [3.63, 3.8) is 0 Å². The van der Waals surface area contributed by atoms with Crippen molar-refractivity contribution in [3.8, 4) is 0 Å². The van der Waals surface area contributed by atoms with Gasteiger partial charge in [0.15, 0.2) is 0 Å². The second-order valence-corrected chi connectivity index (χ2v) is 6.32. The zero-order chi connectivity index (χ0) is 15.9.